The summed E-state index contributed by atoms with van der Waals surface area (Å²) >= 11 is 0. The molecule has 2 rings (SSSR count). The van der Waals surface area contributed by atoms with Crippen LogP contribution >= 0.6 is 0 Å². The fourth-order valence-electron chi connectivity index (χ4n) is 1.25. The van der Waals surface area contributed by atoms with Gasteiger partial charge in [-0.25, -0.2) is 4.39 Å². The van der Waals surface area contributed by atoms with Crippen molar-refractivity contribution < 1.29 is 9.13 Å². The summed E-state index contributed by atoms with van der Waals surface area (Å²) in [5.74, 6) is 0.217. The summed E-state index contributed by atoms with van der Waals surface area (Å²) in [5.41, 5.74) is 0.821. The van der Waals surface area contributed by atoms with Gasteiger partial charge in [0, 0.05) is 19.3 Å². The minimum Gasteiger partial charge on any atom is -0.487 e. The summed E-state index contributed by atoms with van der Waals surface area (Å²) in [4.78, 5) is 0. The van der Waals surface area contributed by atoms with Crippen LogP contribution in [0.25, 0.3) is 0 Å². The molecule has 78 valence electrons. The molecule has 0 saturated carbocycles. The third kappa shape index (κ3) is 2.56. The normalized spacial score (nSPS) is 10.3. The van der Waals surface area contributed by atoms with Gasteiger partial charge < -0.3 is 4.74 Å². The van der Waals surface area contributed by atoms with Gasteiger partial charge in [0.15, 0.2) is 0 Å². The quantitative estimate of drug-likeness (QED) is 0.769. The zero-order valence-electron chi connectivity index (χ0n) is 8.35. The van der Waals surface area contributed by atoms with Gasteiger partial charge in [-0.05, 0) is 18.2 Å². The Bertz CT molecular complexity index is 453. The van der Waals surface area contributed by atoms with E-state index in [1.807, 2.05) is 19.3 Å². The number of benzene rings is 1. The van der Waals surface area contributed by atoms with E-state index in [1.54, 1.807) is 16.8 Å². The number of aromatic nitrogens is 2. The fourth-order valence-corrected chi connectivity index (χ4v) is 1.25. The number of nitrogens with zero attached hydrogens (tertiary/aromatic N) is 2. The van der Waals surface area contributed by atoms with Crippen LogP contribution in [-0.4, -0.2) is 9.78 Å². The van der Waals surface area contributed by atoms with Crippen molar-refractivity contribution in [1.29, 1.82) is 0 Å². The van der Waals surface area contributed by atoms with E-state index < -0.39 is 0 Å². The molecule has 0 atom stereocenters. The van der Waals surface area contributed by atoms with Crippen LogP contribution in [0.1, 0.15) is 5.69 Å². The summed E-state index contributed by atoms with van der Waals surface area (Å²) in [6, 6.07) is 7.92. The Kier molecular flexibility index (Phi) is 2.67. The zero-order chi connectivity index (χ0) is 10.7. The van der Waals surface area contributed by atoms with E-state index >= 15 is 0 Å². The number of hydrogen-bond donors (Lipinski definition) is 0. The number of ether oxygens (including phenoxy) is 1. The Morgan fingerprint density at radius 3 is 2.93 bits per heavy atom. The van der Waals surface area contributed by atoms with Gasteiger partial charge in [-0.3, -0.25) is 4.68 Å². The van der Waals surface area contributed by atoms with Crippen LogP contribution < -0.4 is 4.74 Å². The second-order valence-electron chi connectivity index (χ2n) is 3.23. The van der Waals surface area contributed by atoms with E-state index in [-0.39, 0.29) is 5.82 Å². The molecule has 1 aromatic carbocycles. The molecule has 3 nitrogen and oxygen atoms in total. The molecule has 0 aliphatic heterocycles. The lowest BCUT2D eigenvalue weighted by molar-refractivity contribution is 0.298. The molecule has 0 fully saturated rings. The number of rotatable bonds is 3. The lowest BCUT2D eigenvalue weighted by atomic mass is 10.3. The number of aryl methyl sites for hydroxylation is 1. The van der Waals surface area contributed by atoms with Crippen molar-refractivity contribution in [3.05, 3.63) is 48.0 Å². The van der Waals surface area contributed by atoms with Gasteiger partial charge in [-0.2, -0.15) is 5.10 Å². The van der Waals surface area contributed by atoms with Gasteiger partial charge in [0.25, 0.3) is 0 Å². The Labute approximate surface area is 87.1 Å². The molecule has 0 saturated heterocycles. The number of halogens is 1. The van der Waals surface area contributed by atoms with Crippen LogP contribution in [0.4, 0.5) is 4.39 Å². The average Bonchev–Trinajstić information content (AvgIpc) is 2.62. The first-order valence-corrected chi connectivity index (χ1v) is 4.61. The van der Waals surface area contributed by atoms with Gasteiger partial charge in [0.05, 0.1) is 5.69 Å². The molecule has 2 aromatic rings. The maximum absolute atomic E-state index is 12.8. The molecule has 0 radical (unpaired) electrons. The molecule has 15 heavy (non-hydrogen) atoms. The van der Waals surface area contributed by atoms with E-state index in [4.69, 9.17) is 4.74 Å². The third-order valence-electron chi connectivity index (χ3n) is 1.95. The van der Waals surface area contributed by atoms with Gasteiger partial charge in [-0.1, -0.05) is 6.07 Å². The molecular formula is C11H11FN2O. The summed E-state index contributed by atoms with van der Waals surface area (Å²) in [5, 5.41) is 4.15. The van der Waals surface area contributed by atoms with Crippen molar-refractivity contribution >= 4 is 0 Å². The molecule has 0 unspecified atom stereocenters. The second-order valence-corrected chi connectivity index (χ2v) is 3.23. The van der Waals surface area contributed by atoms with Crippen LogP contribution in [0.3, 0.4) is 0 Å². The lowest BCUT2D eigenvalue weighted by Crippen LogP contribution is -1.98. The van der Waals surface area contributed by atoms with Crippen molar-refractivity contribution in [3.8, 4) is 5.75 Å². The summed E-state index contributed by atoms with van der Waals surface area (Å²) in [7, 11) is 1.84. The first-order chi connectivity index (χ1) is 7.24. The van der Waals surface area contributed by atoms with E-state index in [1.165, 1.54) is 12.1 Å². The van der Waals surface area contributed by atoms with Gasteiger partial charge >= 0.3 is 0 Å². The second kappa shape index (κ2) is 4.13. The fraction of sp³-hybridized carbons (Fsp3) is 0.182. The Balaban J connectivity index is 1.99. The molecule has 0 aliphatic carbocycles. The molecule has 0 amide bonds. The largest absolute Gasteiger partial charge is 0.487 e. The molecular weight excluding hydrogens is 195 g/mol. The van der Waals surface area contributed by atoms with Gasteiger partial charge in [0.1, 0.15) is 18.2 Å². The Morgan fingerprint density at radius 1 is 1.40 bits per heavy atom. The Morgan fingerprint density at radius 2 is 2.27 bits per heavy atom. The highest BCUT2D eigenvalue weighted by molar-refractivity contribution is 5.22. The summed E-state index contributed by atoms with van der Waals surface area (Å²) < 4.78 is 19.9. The monoisotopic (exact) mass is 206 g/mol. The van der Waals surface area contributed by atoms with Crippen LogP contribution in [0.5, 0.6) is 5.75 Å². The zero-order valence-corrected chi connectivity index (χ0v) is 8.35. The minimum atomic E-state index is -0.298. The van der Waals surface area contributed by atoms with E-state index in [0.29, 0.717) is 12.4 Å². The molecule has 0 spiro atoms. The molecule has 0 N–H and O–H groups in total. The lowest BCUT2D eigenvalue weighted by Gasteiger charge is -2.03. The molecule has 0 bridgehead atoms. The van der Waals surface area contributed by atoms with E-state index in [9.17, 15) is 4.39 Å². The highest BCUT2D eigenvalue weighted by atomic mass is 19.1. The van der Waals surface area contributed by atoms with Crippen LogP contribution in [0.15, 0.2) is 36.5 Å². The number of hydrogen-bond acceptors (Lipinski definition) is 2. The Hall–Kier alpha value is -1.84. The topological polar surface area (TPSA) is 27.1 Å². The smallest absolute Gasteiger partial charge is 0.132 e. The molecule has 1 aromatic heterocycles. The van der Waals surface area contributed by atoms with Crippen LogP contribution in [0, 0.1) is 5.82 Å². The summed E-state index contributed by atoms with van der Waals surface area (Å²) in [6.45, 7) is 0.351. The van der Waals surface area contributed by atoms with Crippen LogP contribution in [0.2, 0.25) is 0 Å². The molecule has 0 aliphatic rings. The van der Waals surface area contributed by atoms with Crippen molar-refractivity contribution in [2.45, 2.75) is 6.61 Å². The highest BCUT2D eigenvalue weighted by Crippen LogP contribution is 2.13. The average molecular weight is 206 g/mol. The predicted molar refractivity (Wildman–Crippen MR) is 53.9 cm³/mol. The highest BCUT2D eigenvalue weighted by Gasteiger charge is 1.99. The maximum Gasteiger partial charge on any atom is 0.132 e. The van der Waals surface area contributed by atoms with Crippen molar-refractivity contribution in [3.63, 3.8) is 0 Å². The summed E-state index contributed by atoms with van der Waals surface area (Å²) in [6.07, 6.45) is 1.84. The first kappa shape index (κ1) is 9.71. The predicted octanol–water partition coefficient (Wildman–Crippen LogP) is 2.14. The van der Waals surface area contributed by atoms with Gasteiger partial charge in [-0.15, -0.1) is 0 Å². The van der Waals surface area contributed by atoms with E-state index in [0.717, 1.165) is 5.69 Å². The maximum atomic E-state index is 12.8. The minimum absolute atomic E-state index is 0.298. The van der Waals surface area contributed by atoms with Crippen molar-refractivity contribution in [2.24, 2.45) is 7.05 Å². The van der Waals surface area contributed by atoms with Crippen molar-refractivity contribution in [1.82, 2.24) is 9.78 Å². The SMILES string of the molecule is Cn1ccc(COc2cccc(F)c2)n1. The van der Waals surface area contributed by atoms with E-state index in [2.05, 4.69) is 5.10 Å². The molecule has 1 heterocycles. The van der Waals surface area contributed by atoms with Gasteiger partial charge in [0.2, 0.25) is 0 Å². The van der Waals surface area contributed by atoms with Crippen LogP contribution in [-0.2, 0) is 13.7 Å². The van der Waals surface area contributed by atoms with Crippen molar-refractivity contribution in [2.75, 3.05) is 0 Å². The molecule has 4 heteroatoms. The first-order valence-electron chi connectivity index (χ1n) is 4.61. The standard InChI is InChI=1S/C11H11FN2O/c1-14-6-5-10(13-14)8-15-11-4-2-3-9(12)7-11/h2-7H,8H2,1H3. The third-order valence-corrected chi connectivity index (χ3v) is 1.95.